The van der Waals surface area contributed by atoms with E-state index in [1.807, 2.05) is 29.2 Å². The van der Waals surface area contributed by atoms with Crippen molar-refractivity contribution < 1.29 is 9.59 Å². The third kappa shape index (κ3) is 4.62. The summed E-state index contributed by atoms with van der Waals surface area (Å²) in [7, 11) is 0. The highest BCUT2D eigenvalue weighted by molar-refractivity contribution is 6.07. The van der Waals surface area contributed by atoms with Gasteiger partial charge in [-0.3, -0.25) is 14.5 Å². The van der Waals surface area contributed by atoms with E-state index in [9.17, 15) is 9.59 Å². The van der Waals surface area contributed by atoms with Crippen molar-refractivity contribution in [2.75, 3.05) is 50.7 Å². The summed E-state index contributed by atoms with van der Waals surface area (Å²) >= 11 is 0. The smallest absolute Gasteiger partial charge is 0.253 e. The van der Waals surface area contributed by atoms with Crippen LogP contribution in [-0.4, -0.2) is 73.0 Å². The predicted octanol–water partition coefficient (Wildman–Crippen LogP) is 3.15. The highest BCUT2D eigenvalue weighted by Crippen LogP contribution is 2.36. The Morgan fingerprint density at radius 1 is 1.16 bits per heavy atom. The minimum Gasteiger partial charge on any atom is -0.345 e. The number of nitrogens with zero attached hydrogens (tertiary/aromatic N) is 3. The molecule has 4 rings (SSSR count). The number of nitrogens with one attached hydrogen (secondary N) is 1. The van der Waals surface area contributed by atoms with Crippen LogP contribution < -0.4 is 10.2 Å². The number of likely N-dealkylation sites (N-methyl/N-ethyl adjacent to an activating group) is 1. The summed E-state index contributed by atoms with van der Waals surface area (Å²) in [5.74, 6) is 0.458. The van der Waals surface area contributed by atoms with Crippen molar-refractivity contribution in [3.8, 4) is 0 Å². The molecule has 0 spiro atoms. The third-order valence-corrected chi connectivity index (χ3v) is 7.59. The second kappa shape index (κ2) is 9.75. The van der Waals surface area contributed by atoms with Crippen LogP contribution in [0.5, 0.6) is 0 Å². The molecular weight excluding hydrogens is 400 g/mol. The summed E-state index contributed by atoms with van der Waals surface area (Å²) in [6.07, 6.45) is 8.01. The maximum Gasteiger partial charge on any atom is 0.253 e. The second-order valence-electron chi connectivity index (χ2n) is 9.80. The number of benzene rings is 1. The molecule has 3 aliphatic rings. The summed E-state index contributed by atoms with van der Waals surface area (Å²) < 4.78 is 0. The van der Waals surface area contributed by atoms with E-state index in [4.69, 9.17) is 0 Å². The van der Waals surface area contributed by atoms with Gasteiger partial charge in [-0.05, 0) is 57.3 Å². The molecule has 1 aromatic rings. The first-order chi connectivity index (χ1) is 15.4. The van der Waals surface area contributed by atoms with Gasteiger partial charge < -0.3 is 15.1 Å². The van der Waals surface area contributed by atoms with Gasteiger partial charge in [0.2, 0.25) is 5.91 Å². The minimum atomic E-state index is -0.556. The molecule has 0 aromatic heterocycles. The van der Waals surface area contributed by atoms with Gasteiger partial charge in [-0.25, -0.2) is 0 Å². The van der Waals surface area contributed by atoms with Crippen LogP contribution in [0.3, 0.4) is 0 Å². The lowest BCUT2D eigenvalue weighted by molar-refractivity contribution is -0.123. The fourth-order valence-electron chi connectivity index (χ4n) is 5.65. The predicted molar refractivity (Wildman–Crippen MR) is 129 cm³/mol. The highest BCUT2D eigenvalue weighted by Gasteiger charge is 2.51. The molecule has 1 fully saturated rings. The molecule has 6 nitrogen and oxygen atoms in total. The van der Waals surface area contributed by atoms with Gasteiger partial charge in [0.25, 0.3) is 5.91 Å². The molecular formula is C26H38N4O2. The Labute approximate surface area is 192 Å². The zero-order chi connectivity index (χ0) is 22.7. The molecule has 0 radical (unpaired) electrons. The molecule has 1 unspecified atom stereocenters. The van der Waals surface area contributed by atoms with Crippen molar-refractivity contribution in [2.24, 2.45) is 11.8 Å². The quantitative estimate of drug-likeness (QED) is 0.665. The minimum absolute atomic E-state index is 0.0733. The van der Waals surface area contributed by atoms with E-state index in [1.54, 1.807) is 0 Å². The van der Waals surface area contributed by atoms with E-state index in [-0.39, 0.29) is 17.7 Å². The molecule has 174 valence electrons. The van der Waals surface area contributed by atoms with Crippen LogP contribution in [-0.2, 0) is 4.79 Å². The van der Waals surface area contributed by atoms with Crippen LogP contribution in [0.1, 0.15) is 50.4 Å². The second-order valence-corrected chi connectivity index (χ2v) is 9.80. The van der Waals surface area contributed by atoms with Crippen molar-refractivity contribution >= 4 is 17.5 Å². The number of carbonyl (C=O) groups excluding carboxylic acids is 2. The van der Waals surface area contributed by atoms with E-state index in [0.29, 0.717) is 24.6 Å². The number of carbonyl (C=O) groups is 2. The zero-order valence-electron chi connectivity index (χ0n) is 19.8. The van der Waals surface area contributed by atoms with Gasteiger partial charge in [-0.2, -0.15) is 0 Å². The van der Waals surface area contributed by atoms with Crippen LogP contribution in [0.25, 0.3) is 0 Å². The Hall–Kier alpha value is -2.18. The lowest BCUT2D eigenvalue weighted by Gasteiger charge is -2.38. The average molecular weight is 439 g/mol. The van der Waals surface area contributed by atoms with E-state index >= 15 is 0 Å². The van der Waals surface area contributed by atoms with Gasteiger partial charge in [0, 0.05) is 32.7 Å². The molecule has 1 aromatic carbocycles. The van der Waals surface area contributed by atoms with Crippen molar-refractivity contribution in [3.63, 3.8) is 0 Å². The van der Waals surface area contributed by atoms with Gasteiger partial charge in [-0.1, -0.05) is 38.1 Å². The maximum absolute atomic E-state index is 14.0. The van der Waals surface area contributed by atoms with Gasteiger partial charge >= 0.3 is 0 Å². The van der Waals surface area contributed by atoms with E-state index < -0.39 is 5.54 Å². The topological polar surface area (TPSA) is 55.9 Å². The van der Waals surface area contributed by atoms with Crippen molar-refractivity contribution in [2.45, 2.75) is 45.6 Å². The zero-order valence-corrected chi connectivity index (χ0v) is 19.8. The van der Waals surface area contributed by atoms with E-state index in [1.165, 1.54) is 6.42 Å². The van der Waals surface area contributed by atoms with Crippen LogP contribution >= 0.6 is 0 Å². The molecule has 2 heterocycles. The molecule has 6 heteroatoms. The maximum atomic E-state index is 14.0. The lowest BCUT2D eigenvalue weighted by Crippen LogP contribution is -2.59. The first kappa shape index (κ1) is 23.0. The van der Waals surface area contributed by atoms with Crippen molar-refractivity contribution in [3.05, 3.63) is 42.0 Å². The largest absolute Gasteiger partial charge is 0.345 e. The first-order valence-electron chi connectivity index (χ1n) is 12.3. The van der Waals surface area contributed by atoms with Gasteiger partial charge in [0.1, 0.15) is 0 Å². The Bertz CT molecular complexity index is 865. The molecule has 2 aliphatic heterocycles. The number of allylic oxidation sites excluding steroid dienone is 2. The summed E-state index contributed by atoms with van der Waals surface area (Å²) in [4.78, 5) is 33.9. The number of likely N-dealkylation sites (tertiary alicyclic amines) is 1. The third-order valence-electron chi connectivity index (χ3n) is 7.59. The number of anilines is 1. The summed E-state index contributed by atoms with van der Waals surface area (Å²) in [5.41, 5.74) is 0.774. The Balaban J connectivity index is 1.61. The Kier molecular flexibility index (Phi) is 7.01. The Morgan fingerprint density at radius 3 is 2.66 bits per heavy atom. The summed E-state index contributed by atoms with van der Waals surface area (Å²) in [6, 6.07) is 7.55. The van der Waals surface area contributed by atoms with Crippen molar-refractivity contribution in [1.82, 2.24) is 15.1 Å². The molecule has 1 aliphatic carbocycles. The normalized spacial score (nSPS) is 28.3. The number of amides is 2. The fourth-order valence-corrected chi connectivity index (χ4v) is 5.65. The van der Waals surface area contributed by atoms with Crippen LogP contribution in [0.2, 0.25) is 0 Å². The monoisotopic (exact) mass is 438 g/mol. The van der Waals surface area contributed by atoms with E-state index in [0.717, 1.165) is 51.3 Å². The molecule has 3 atom stereocenters. The Morgan fingerprint density at radius 2 is 1.94 bits per heavy atom. The standard InChI is InChI=1S/C26H38N4O2/c1-4-28(5-2)15-16-30-23-14-10-9-13-21(23)24(31)27-26(3)19-29(18-22(26)25(30)32)17-20-11-7-6-8-12-20/h6-7,9-10,13-14,20,22H,4-5,8,11-12,15-19H2,1-3H3,(H,27,31)/t20?,22-,26-/m0/s1. The fraction of sp³-hybridized carbons (Fsp3) is 0.615. The van der Waals surface area contributed by atoms with Gasteiger partial charge in [-0.15, -0.1) is 0 Å². The molecule has 1 saturated heterocycles. The van der Waals surface area contributed by atoms with Crippen LogP contribution in [0.4, 0.5) is 5.69 Å². The number of fused-ring (bicyclic) bond motifs is 2. The molecule has 32 heavy (non-hydrogen) atoms. The molecule has 0 saturated carbocycles. The first-order valence-corrected chi connectivity index (χ1v) is 12.3. The summed E-state index contributed by atoms with van der Waals surface area (Å²) in [5, 5.41) is 3.27. The van der Waals surface area contributed by atoms with Gasteiger partial charge in [0.15, 0.2) is 0 Å². The lowest BCUT2D eigenvalue weighted by atomic mass is 9.86. The van der Waals surface area contributed by atoms with Crippen LogP contribution in [0, 0.1) is 11.8 Å². The summed E-state index contributed by atoms with van der Waals surface area (Å²) in [6.45, 7) is 12.1. The van der Waals surface area contributed by atoms with Crippen LogP contribution in [0.15, 0.2) is 36.4 Å². The van der Waals surface area contributed by atoms with Gasteiger partial charge in [0.05, 0.1) is 22.7 Å². The number of hydrogen-bond acceptors (Lipinski definition) is 4. The highest BCUT2D eigenvalue weighted by atomic mass is 16.2. The molecule has 2 amide bonds. The number of hydrogen-bond donors (Lipinski definition) is 1. The SMILES string of the molecule is CCN(CC)CCN1C(=O)[C@@H]2CN(CC3CC=CCC3)C[C@]2(C)NC(=O)c2ccccc21. The van der Waals surface area contributed by atoms with Crippen molar-refractivity contribution in [1.29, 1.82) is 0 Å². The van der Waals surface area contributed by atoms with E-state index in [2.05, 4.69) is 48.0 Å². The average Bonchev–Trinajstić information content (AvgIpc) is 3.11. The number of para-hydroxylation sites is 1. The number of rotatable bonds is 7. The molecule has 1 N–H and O–H groups in total. The molecule has 0 bridgehead atoms.